The largest absolute Gasteiger partial charge is 0.396 e. The van der Waals surface area contributed by atoms with Gasteiger partial charge in [0.2, 0.25) is 0 Å². The summed E-state index contributed by atoms with van der Waals surface area (Å²) in [5.74, 6) is 2.82. The molecule has 4 aliphatic carbocycles. The maximum atomic E-state index is 12.4. The van der Waals surface area contributed by atoms with Gasteiger partial charge in [-0.25, -0.2) is 0 Å². The minimum Gasteiger partial charge on any atom is -0.396 e. The number of aliphatic hydroxyl groups is 1. The molecule has 0 bridgehead atoms. The van der Waals surface area contributed by atoms with Crippen LogP contribution in [-0.2, 0) is 9.59 Å². The van der Waals surface area contributed by atoms with Crippen molar-refractivity contribution in [3.63, 3.8) is 0 Å². The van der Waals surface area contributed by atoms with Crippen molar-refractivity contribution < 1.29 is 14.7 Å². The lowest BCUT2D eigenvalue weighted by molar-refractivity contribution is -0.128. The average molecular weight is 342 g/mol. The Hall–Kier alpha value is -1.22. The lowest BCUT2D eigenvalue weighted by Crippen LogP contribution is -2.49. The Balaban J connectivity index is 1.68. The van der Waals surface area contributed by atoms with E-state index in [0.29, 0.717) is 35.9 Å². The highest BCUT2D eigenvalue weighted by Crippen LogP contribution is 2.66. The number of ketones is 2. The van der Waals surface area contributed by atoms with Gasteiger partial charge in [-0.15, -0.1) is 0 Å². The molecular weight excluding hydrogens is 312 g/mol. The maximum absolute atomic E-state index is 12.4. The molecule has 3 fully saturated rings. The summed E-state index contributed by atoms with van der Waals surface area (Å²) in [5, 5.41) is 9.77. The van der Waals surface area contributed by atoms with E-state index in [0.717, 1.165) is 50.5 Å². The third-order valence-electron chi connectivity index (χ3n) is 8.00. The minimum atomic E-state index is -0.0649. The molecule has 136 valence electrons. The first kappa shape index (κ1) is 17.2. The van der Waals surface area contributed by atoms with Crippen LogP contribution in [0.3, 0.4) is 0 Å². The van der Waals surface area contributed by atoms with Crippen molar-refractivity contribution in [1.29, 1.82) is 0 Å². The van der Waals surface area contributed by atoms with E-state index in [4.69, 9.17) is 0 Å². The van der Waals surface area contributed by atoms with Crippen LogP contribution in [0.2, 0.25) is 0 Å². The highest BCUT2D eigenvalue weighted by Gasteiger charge is 2.60. The lowest BCUT2D eigenvalue weighted by Gasteiger charge is -2.54. The van der Waals surface area contributed by atoms with E-state index in [1.807, 2.05) is 6.08 Å². The molecule has 3 saturated carbocycles. The van der Waals surface area contributed by atoms with E-state index in [9.17, 15) is 14.7 Å². The predicted octanol–water partition coefficient (Wildman–Crippen LogP) is 3.86. The first-order valence-corrected chi connectivity index (χ1v) is 10.00. The van der Waals surface area contributed by atoms with Crippen molar-refractivity contribution >= 4 is 11.6 Å². The van der Waals surface area contributed by atoms with E-state index in [-0.39, 0.29) is 23.7 Å². The number of carbonyl (C=O) groups is 2. The molecule has 0 heterocycles. The van der Waals surface area contributed by atoms with Crippen LogP contribution < -0.4 is 0 Å². The lowest BCUT2D eigenvalue weighted by atomic mass is 9.50. The number of allylic oxidation sites excluding steroid dienone is 2. The maximum Gasteiger partial charge on any atom is 0.155 e. The second-order valence-corrected chi connectivity index (χ2v) is 8.96. The fraction of sp³-hybridized carbons (Fsp3) is 0.727. The van der Waals surface area contributed by atoms with Gasteiger partial charge in [0.25, 0.3) is 0 Å². The molecule has 25 heavy (non-hydrogen) atoms. The predicted molar refractivity (Wildman–Crippen MR) is 96.8 cm³/mol. The average Bonchev–Trinajstić information content (AvgIpc) is 2.86. The Kier molecular flexibility index (Phi) is 4.26. The molecule has 4 aliphatic rings. The third kappa shape index (κ3) is 2.50. The Bertz CT molecular complexity index is 646. The van der Waals surface area contributed by atoms with Gasteiger partial charge in [-0.1, -0.05) is 17.7 Å². The summed E-state index contributed by atoms with van der Waals surface area (Å²) in [6, 6.07) is 0. The molecule has 0 aromatic carbocycles. The smallest absolute Gasteiger partial charge is 0.155 e. The molecule has 4 rings (SSSR count). The summed E-state index contributed by atoms with van der Waals surface area (Å²) in [6.07, 6.45) is 9.68. The first-order chi connectivity index (χ1) is 12.0. The summed E-state index contributed by atoms with van der Waals surface area (Å²) in [5.41, 5.74) is 2.43. The number of fused-ring (bicyclic) bond motifs is 5. The van der Waals surface area contributed by atoms with Crippen LogP contribution in [0.5, 0.6) is 0 Å². The van der Waals surface area contributed by atoms with Crippen LogP contribution in [0.1, 0.15) is 58.3 Å². The number of aliphatic hydroxyl groups excluding tert-OH is 1. The van der Waals surface area contributed by atoms with Crippen molar-refractivity contribution in [3.05, 3.63) is 23.8 Å². The number of hydrogen-bond donors (Lipinski definition) is 1. The van der Waals surface area contributed by atoms with Gasteiger partial charge in [-0.3, -0.25) is 9.59 Å². The van der Waals surface area contributed by atoms with Crippen molar-refractivity contribution in [2.24, 2.45) is 35.0 Å². The molecule has 0 amide bonds. The molecule has 0 unspecified atom stereocenters. The Labute approximate surface area is 150 Å². The summed E-state index contributed by atoms with van der Waals surface area (Å²) >= 11 is 0. The van der Waals surface area contributed by atoms with Crippen LogP contribution >= 0.6 is 0 Å². The molecule has 0 aromatic heterocycles. The van der Waals surface area contributed by atoms with E-state index in [1.165, 1.54) is 5.57 Å². The second kappa shape index (κ2) is 6.19. The summed E-state index contributed by atoms with van der Waals surface area (Å²) in [6.45, 7) is 6.15. The zero-order valence-electron chi connectivity index (χ0n) is 15.3. The van der Waals surface area contributed by atoms with E-state index in [2.05, 4.69) is 6.58 Å². The molecule has 0 radical (unpaired) electrons. The number of carbonyl (C=O) groups excluding carboxylic acids is 2. The number of rotatable bonds is 3. The summed E-state index contributed by atoms with van der Waals surface area (Å²) in [4.78, 5) is 24.2. The summed E-state index contributed by atoms with van der Waals surface area (Å²) < 4.78 is 0. The Morgan fingerprint density at radius 2 is 2.08 bits per heavy atom. The second-order valence-electron chi connectivity index (χ2n) is 8.96. The van der Waals surface area contributed by atoms with Gasteiger partial charge >= 0.3 is 0 Å². The standard InChI is InChI=1S/C22H30O3/c1-13-11-20-19-5-3-15-12-16(25)4-6-17(15)18(19)7-8-22(20,9-10-23)21(13)14(2)24/h12,17-21,23H,1,3-11H2,2H3/t17-,18+,19+,20-,21+,22+/m0/s1. The van der Waals surface area contributed by atoms with Gasteiger partial charge in [0, 0.05) is 18.9 Å². The molecule has 3 heteroatoms. The molecule has 0 spiro atoms. The fourth-order valence-electron chi connectivity index (χ4n) is 7.30. The molecule has 0 saturated heterocycles. The molecular formula is C22H30O3. The van der Waals surface area contributed by atoms with Gasteiger partial charge in [-0.05, 0) is 87.0 Å². The van der Waals surface area contributed by atoms with Gasteiger partial charge in [0.1, 0.15) is 5.78 Å². The van der Waals surface area contributed by atoms with Crippen LogP contribution in [0, 0.1) is 35.0 Å². The molecule has 0 aromatic rings. The normalized spacial score (nSPS) is 43.1. The fourth-order valence-corrected chi connectivity index (χ4v) is 7.30. The number of Topliss-reactive ketones (excluding diaryl/α,β-unsaturated/α-hetero) is 1. The van der Waals surface area contributed by atoms with E-state index >= 15 is 0 Å². The van der Waals surface area contributed by atoms with Crippen molar-refractivity contribution in [1.82, 2.24) is 0 Å². The van der Waals surface area contributed by atoms with Gasteiger partial charge in [-0.2, -0.15) is 0 Å². The van der Waals surface area contributed by atoms with Gasteiger partial charge in [0.15, 0.2) is 5.78 Å². The quantitative estimate of drug-likeness (QED) is 0.792. The minimum absolute atomic E-state index is 0.0597. The summed E-state index contributed by atoms with van der Waals surface area (Å²) in [7, 11) is 0. The van der Waals surface area contributed by atoms with Crippen LogP contribution in [0.25, 0.3) is 0 Å². The van der Waals surface area contributed by atoms with Crippen molar-refractivity contribution in [3.8, 4) is 0 Å². The SMILES string of the molecule is C=C1C[C@H]2[C@@H]3CCC4=CC(=O)CC[C@@H]4[C@H]3CC[C@]2(CCO)[C@H]1C(C)=O. The molecule has 3 nitrogen and oxygen atoms in total. The van der Waals surface area contributed by atoms with Gasteiger partial charge in [0.05, 0.1) is 0 Å². The van der Waals surface area contributed by atoms with Crippen LogP contribution in [0.15, 0.2) is 23.8 Å². The highest BCUT2D eigenvalue weighted by atomic mass is 16.3. The molecule has 0 aliphatic heterocycles. The highest BCUT2D eigenvalue weighted by molar-refractivity contribution is 5.91. The monoisotopic (exact) mass is 342 g/mol. The van der Waals surface area contributed by atoms with Crippen molar-refractivity contribution in [2.75, 3.05) is 6.61 Å². The first-order valence-electron chi connectivity index (χ1n) is 10.00. The van der Waals surface area contributed by atoms with Crippen LogP contribution in [-0.4, -0.2) is 23.3 Å². The van der Waals surface area contributed by atoms with E-state index < -0.39 is 0 Å². The Morgan fingerprint density at radius 3 is 2.80 bits per heavy atom. The topological polar surface area (TPSA) is 54.4 Å². The van der Waals surface area contributed by atoms with Gasteiger partial charge < -0.3 is 5.11 Å². The molecule has 1 N–H and O–H groups in total. The third-order valence-corrected chi connectivity index (χ3v) is 8.00. The molecule has 6 atom stereocenters. The Morgan fingerprint density at radius 1 is 1.28 bits per heavy atom. The number of hydrogen-bond acceptors (Lipinski definition) is 3. The zero-order chi connectivity index (χ0) is 17.8. The van der Waals surface area contributed by atoms with Crippen LogP contribution in [0.4, 0.5) is 0 Å². The van der Waals surface area contributed by atoms with Crippen molar-refractivity contribution in [2.45, 2.75) is 58.3 Å². The zero-order valence-corrected chi connectivity index (χ0v) is 15.3. The van der Waals surface area contributed by atoms with E-state index in [1.54, 1.807) is 6.92 Å².